The van der Waals surface area contributed by atoms with Crippen molar-refractivity contribution in [2.75, 3.05) is 4.72 Å². The Morgan fingerprint density at radius 1 is 1.04 bits per heavy atom. The van der Waals surface area contributed by atoms with Gasteiger partial charge in [-0.25, -0.2) is 13.4 Å². The van der Waals surface area contributed by atoms with E-state index in [-0.39, 0.29) is 5.75 Å². The molecule has 0 aliphatic carbocycles. The quantitative estimate of drug-likeness (QED) is 0.744. The topological polar surface area (TPSA) is 74.8 Å². The Bertz CT molecular complexity index is 944. The number of aryl methyl sites for hydroxylation is 2. The van der Waals surface area contributed by atoms with Crippen molar-refractivity contribution in [2.45, 2.75) is 19.6 Å². The van der Waals surface area contributed by atoms with E-state index in [0.29, 0.717) is 5.69 Å². The smallest absolute Gasteiger partial charge is 0.236 e. The third kappa shape index (κ3) is 3.65. The molecule has 0 saturated carbocycles. The second kappa shape index (κ2) is 6.49. The predicted octanol–water partition coefficient (Wildman–Crippen LogP) is 3.64. The molecule has 1 heterocycles. The Morgan fingerprint density at radius 2 is 1.75 bits per heavy atom. The van der Waals surface area contributed by atoms with Crippen LogP contribution in [0, 0.1) is 13.8 Å². The van der Waals surface area contributed by atoms with Crippen LogP contribution in [0.4, 0.5) is 5.69 Å². The highest BCUT2D eigenvalue weighted by atomic mass is 32.2. The number of hydrogen-bond donors (Lipinski definition) is 2. The molecular formula is C18H19N3O2S. The van der Waals surface area contributed by atoms with Gasteiger partial charge in [0, 0.05) is 16.9 Å². The fourth-order valence-electron chi connectivity index (χ4n) is 2.54. The zero-order valence-electron chi connectivity index (χ0n) is 13.6. The highest BCUT2D eigenvalue weighted by Crippen LogP contribution is 2.22. The first-order valence-corrected chi connectivity index (χ1v) is 9.25. The number of rotatable bonds is 5. The predicted molar refractivity (Wildman–Crippen MR) is 96.2 cm³/mol. The maximum atomic E-state index is 12.4. The summed E-state index contributed by atoms with van der Waals surface area (Å²) in [6.45, 7) is 3.85. The van der Waals surface area contributed by atoms with Gasteiger partial charge >= 0.3 is 0 Å². The lowest BCUT2D eigenvalue weighted by molar-refractivity contribution is 0.600. The van der Waals surface area contributed by atoms with Crippen LogP contribution in [0.25, 0.3) is 11.3 Å². The normalized spacial score (nSPS) is 11.4. The van der Waals surface area contributed by atoms with Gasteiger partial charge in [0.2, 0.25) is 10.0 Å². The van der Waals surface area contributed by atoms with Crippen LogP contribution in [-0.2, 0) is 15.8 Å². The summed E-state index contributed by atoms with van der Waals surface area (Å²) in [5, 5.41) is 0. The van der Waals surface area contributed by atoms with E-state index in [9.17, 15) is 8.42 Å². The first-order chi connectivity index (χ1) is 11.4. The zero-order valence-corrected chi connectivity index (χ0v) is 14.4. The van der Waals surface area contributed by atoms with E-state index >= 15 is 0 Å². The maximum Gasteiger partial charge on any atom is 0.236 e. The van der Waals surface area contributed by atoms with Gasteiger partial charge in [0.15, 0.2) is 0 Å². The second-order valence-corrected chi connectivity index (χ2v) is 7.46. The van der Waals surface area contributed by atoms with E-state index in [1.165, 1.54) is 0 Å². The standard InChI is InChI=1S/C18H19N3O2S/c1-13-5-3-4-6-16(13)11-24(22,23)21-17-9-7-15(8-10-17)18-14(2)19-12-20-18/h3-10,12,21H,11H2,1-2H3,(H,19,20). The summed E-state index contributed by atoms with van der Waals surface area (Å²) in [4.78, 5) is 7.29. The minimum atomic E-state index is -3.46. The van der Waals surface area contributed by atoms with Crippen molar-refractivity contribution in [3.63, 3.8) is 0 Å². The maximum absolute atomic E-state index is 12.4. The third-order valence-electron chi connectivity index (χ3n) is 3.87. The van der Waals surface area contributed by atoms with Gasteiger partial charge in [-0.05, 0) is 37.1 Å². The number of anilines is 1. The Kier molecular flexibility index (Phi) is 4.40. The molecule has 0 aliphatic heterocycles. The number of benzene rings is 2. The first-order valence-electron chi connectivity index (χ1n) is 7.60. The minimum absolute atomic E-state index is 0.0418. The third-order valence-corrected chi connectivity index (χ3v) is 5.11. The van der Waals surface area contributed by atoms with E-state index in [0.717, 1.165) is 28.1 Å². The van der Waals surface area contributed by atoms with Crippen molar-refractivity contribution in [2.24, 2.45) is 0 Å². The van der Waals surface area contributed by atoms with E-state index < -0.39 is 10.0 Å². The molecule has 6 heteroatoms. The van der Waals surface area contributed by atoms with Gasteiger partial charge in [0.05, 0.1) is 17.8 Å². The van der Waals surface area contributed by atoms with Crippen LogP contribution in [0.2, 0.25) is 0 Å². The van der Waals surface area contributed by atoms with Gasteiger partial charge in [0.1, 0.15) is 0 Å². The number of aromatic amines is 1. The summed E-state index contributed by atoms with van der Waals surface area (Å²) in [5.41, 5.74) is 5.09. The summed E-state index contributed by atoms with van der Waals surface area (Å²) in [7, 11) is -3.46. The summed E-state index contributed by atoms with van der Waals surface area (Å²) in [5.74, 6) is -0.0418. The largest absolute Gasteiger partial charge is 0.348 e. The molecule has 2 aromatic carbocycles. The molecule has 0 atom stereocenters. The fourth-order valence-corrected chi connectivity index (χ4v) is 3.84. The van der Waals surface area contributed by atoms with Crippen LogP contribution >= 0.6 is 0 Å². The van der Waals surface area contributed by atoms with Crippen molar-refractivity contribution < 1.29 is 8.42 Å². The van der Waals surface area contributed by atoms with Crippen molar-refractivity contribution >= 4 is 15.7 Å². The van der Waals surface area contributed by atoms with Crippen LogP contribution in [0.3, 0.4) is 0 Å². The number of sulfonamides is 1. The molecule has 24 heavy (non-hydrogen) atoms. The van der Waals surface area contributed by atoms with Gasteiger partial charge < -0.3 is 4.98 Å². The van der Waals surface area contributed by atoms with Crippen molar-refractivity contribution in [1.29, 1.82) is 0 Å². The van der Waals surface area contributed by atoms with Crippen molar-refractivity contribution in [3.05, 3.63) is 71.7 Å². The zero-order chi connectivity index (χ0) is 17.2. The Morgan fingerprint density at radius 3 is 2.38 bits per heavy atom. The molecule has 0 radical (unpaired) electrons. The first kappa shape index (κ1) is 16.3. The minimum Gasteiger partial charge on any atom is -0.348 e. The van der Waals surface area contributed by atoms with Gasteiger partial charge in [-0.2, -0.15) is 0 Å². The lowest BCUT2D eigenvalue weighted by Crippen LogP contribution is -2.15. The molecule has 3 aromatic rings. The lowest BCUT2D eigenvalue weighted by Gasteiger charge is -2.10. The number of aromatic nitrogens is 2. The summed E-state index contributed by atoms with van der Waals surface area (Å²) in [6.07, 6.45) is 1.64. The Balaban J connectivity index is 1.76. The molecule has 0 bridgehead atoms. The number of nitrogens with one attached hydrogen (secondary N) is 2. The highest BCUT2D eigenvalue weighted by Gasteiger charge is 2.13. The average Bonchev–Trinajstić information content (AvgIpc) is 2.96. The summed E-state index contributed by atoms with van der Waals surface area (Å²) < 4.78 is 27.3. The number of hydrogen-bond acceptors (Lipinski definition) is 3. The number of imidazole rings is 1. The van der Waals surface area contributed by atoms with Crippen molar-refractivity contribution in [1.82, 2.24) is 9.97 Å². The molecular weight excluding hydrogens is 322 g/mol. The lowest BCUT2D eigenvalue weighted by atomic mass is 10.1. The monoisotopic (exact) mass is 341 g/mol. The SMILES string of the molecule is Cc1ccccc1CS(=O)(=O)Nc1ccc(-c2nc[nH]c2C)cc1. The van der Waals surface area contributed by atoms with E-state index in [4.69, 9.17) is 0 Å². The highest BCUT2D eigenvalue weighted by molar-refractivity contribution is 7.91. The van der Waals surface area contributed by atoms with Crippen LogP contribution in [-0.4, -0.2) is 18.4 Å². The van der Waals surface area contributed by atoms with E-state index in [1.807, 2.05) is 50.2 Å². The van der Waals surface area contributed by atoms with Crippen molar-refractivity contribution in [3.8, 4) is 11.3 Å². The molecule has 124 valence electrons. The Hall–Kier alpha value is -2.60. The molecule has 5 nitrogen and oxygen atoms in total. The molecule has 1 aromatic heterocycles. The van der Waals surface area contributed by atoms with E-state index in [1.54, 1.807) is 18.5 Å². The molecule has 0 saturated heterocycles. The fraction of sp³-hybridized carbons (Fsp3) is 0.167. The Labute approximate surface area is 141 Å². The molecule has 0 aliphatic rings. The van der Waals surface area contributed by atoms with E-state index in [2.05, 4.69) is 14.7 Å². The molecule has 0 fully saturated rings. The van der Waals surface area contributed by atoms with Crippen LogP contribution in [0.5, 0.6) is 0 Å². The summed E-state index contributed by atoms with van der Waals surface area (Å²) >= 11 is 0. The molecule has 2 N–H and O–H groups in total. The second-order valence-electron chi connectivity index (χ2n) is 5.74. The molecule has 0 unspecified atom stereocenters. The van der Waals surface area contributed by atoms with Gasteiger partial charge in [-0.3, -0.25) is 4.72 Å². The average molecular weight is 341 g/mol. The van der Waals surface area contributed by atoms with Gasteiger partial charge in [-0.15, -0.1) is 0 Å². The van der Waals surface area contributed by atoms with Crippen LogP contribution in [0.1, 0.15) is 16.8 Å². The molecule has 0 amide bonds. The van der Waals surface area contributed by atoms with Crippen LogP contribution in [0.15, 0.2) is 54.9 Å². The number of H-pyrrole nitrogens is 1. The van der Waals surface area contributed by atoms with Gasteiger partial charge in [0.25, 0.3) is 0 Å². The molecule has 0 spiro atoms. The molecule has 3 rings (SSSR count). The van der Waals surface area contributed by atoms with Crippen LogP contribution < -0.4 is 4.72 Å². The van der Waals surface area contributed by atoms with Gasteiger partial charge in [-0.1, -0.05) is 36.4 Å². The number of nitrogens with zero attached hydrogens (tertiary/aromatic N) is 1. The summed E-state index contributed by atoms with van der Waals surface area (Å²) in [6, 6.07) is 14.7.